The van der Waals surface area contributed by atoms with Gasteiger partial charge in [-0.25, -0.2) is 0 Å². The lowest BCUT2D eigenvalue weighted by Gasteiger charge is -2.43. The molecule has 2 aliphatic carbocycles. The van der Waals surface area contributed by atoms with Crippen LogP contribution in [0.25, 0.3) is 0 Å². The number of carbonyl (C=O) groups is 3. The molecule has 2 heterocycles. The van der Waals surface area contributed by atoms with Crippen molar-refractivity contribution in [1.29, 1.82) is 0 Å². The molecule has 1 saturated carbocycles. The van der Waals surface area contributed by atoms with Crippen LogP contribution in [0, 0.1) is 5.92 Å². The Kier molecular flexibility index (Phi) is 5.22. The molecule has 2 N–H and O–H groups in total. The Bertz CT molecular complexity index is 995. The fourth-order valence-electron chi connectivity index (χ4n) is 5.40. The molecule has 0 aromatic heterocycles. The summed E-state index contributed by atoms with van der Waals surface area (Å²) in [6, 6.07) is 9.45. The first-order valence-electron chi connectivity index (χ1n) is 11.2. The number of hydrogen-bond acceptors (Lipinski definition) is 4. The summed E-state index contributed by atoms with van der Waals surface area (Å²) >= 11 is 0. The fourth-order valence-corrected chi connectivity index (χ4v) is 5.40. The molecule has 1 fully saturated rings. The van der Waals surface area contributed by atoms with Crippen LogP contribution < -0.4 is 10.6 Å². The van der Waals surface area contributed by atoms with Crippen LogP contribution in [-0.2, 0) is 14.4 Å². The van der Waals surface area contributed by atoms with Gasteiger partial charge in [-0.2, -0.15) is 0 Å². The molecular weight excluding hydrogens is 390 g/mol. The summed E-state index contributed by atoms with van der Waals surface area (Å²) in [6.45, 7) is 0.470. The number of nitrogens with zero attached hydrogens (tertiary/aromatic N) is 1. The molecule has 2 aliphatic heterocycles. The molecular formula is C25H27N3O3. The Morgan fingerprint density at radius 1 is 1.06 bits per heavy atom. The molecule has 31 heavy (non-hydrogen) atoms. The first-order valence-corrected chi connectivity index (χ1v) is 11.2. The van der Waals surface area contributed by atoms with Crippen LogP contribution in [0.1, 0.15) is 43.7 Å². The van der Waals surface area contributed by atoms with Gasteiger partial charge in [0.1, 0.15) is 0 Å². The topological polar surface area (TPSA) is 78.5 Å². The molecule has 1 aromatic rings. The molecule has 6 nitrogen and oxygen atoms in total. The molecule has 4 unspecified atom stereocenters. The Balaban J connectivity index is 1.59. The van der Waals surface area contributed by atoms with Crippen LogP contribution in [-0.4, -0.2) is 41.1 Å². The summed E-state index contributed by atoms with van der Waals surface area (Å²) in [7, 11) is 0. The molecule has 1 aromatic carbocycles. The maximum Gasteiger partial charge on any atom is 0.251 e. The zero-order valence-corrected chi connectivity index (χ0v) is 17.4. The van der Waals surface area contributed by atoms with E-state index in [9.17, 15) is 14.4 Å². The quantitative estimate of drug-likeness (QED) is 0.792. The van der Waals surface area contributed by atoms with E-state index in [4.69, 9.17) is 0 Å². The van der Waals surface area contributed by atoms with Crippen LogP contribution in [0.5, 0.6) is 0 Å². The molecule has 4 aliphatic rings. The lowest BCUT2D eigenvalue weighted by atomic mass is 9.86. The van der Waals surface area contributed by atoms with E-state index in [1.807, 2.05) is 41.3 Å². The summed E-state index contributed by atoms with van der Waals surface area (Å²) < 4.78 is 0. The van der Waals surface area contributed by atoms with Crippen molar-refractivity contribution < 1.29 is 14.4 Å². The zero-order chi connectivity index (χ0) is 21.4. The van der Waals surface area contributed by atoms with Gasteiger partial charge < -0.3 is 15.5 Å². The number of hydrogen-bond donors (Lipinski definition) is 2. The number of nitrogens with one attached hydrogen (secondary N) is 2. The molecule has 5 rings (SSSR count). The van der Waals surface area contributed by atoms with Crippen LogP contribution in [0.15, 0.2) is 65.9 Å². The first-order chi connectivity index (χ1) is 15.1. The smallest absolute Gasteiger partial charge is 0.251 e. The number of rotatable bonds is 3. The van der Waals surface area contributed by atoms with Crippen molar-refractivity contribution in [3.05, 3.63) is 71.5 Å². The summed E-state index contributed by atoms with van der Waals surface area (Å²) in [6.07, 6.45) is 11.0. The Morgan fingerprint density at radius 2 is 1.87 bits per heavy atom. The van der Waals surface area contributed by atoms with Gasteiger partial charge >= 0.3 is 0 Å². The Labute approximate surface area is 182 Å². The molecule has 0 spiro atoms. The summed E-state index contributed by atoms with van der Waals surface area (Å²) in [5, 5.41) is 6.56. The molecule has 160 valence electrons. The van der Waals surface area contributed by atoms with Gasteiger partial charge in [0.2, 0.25) is 5.91 Å². The predicted octanol–water partition coefficient (Wildman–Crippen LogP) is 2.56. The minimum Gasteiger partial charge on any atom is -0.382 e. The number of fused-ring (bicyclic) bond motifs is 1. The van der Waals surface area contributed by atoms with Crippen LogP contribution in [0.2, 0.25) is 0 Å². The van der Waals surface area contributed by atoms with Gasteiger partial charge in [0.05, 0.1) is 24.2 Å². The lowest BCUT2D eigenvalue weighted by molar-refractivity contribution is -0.139. The second-order valence-electron chi connectivity index (χ2n) is 8.75. The van der Waals surface area contributed by atoms with E-state index in [1.54, 1.807) is 12.2 Å². The van der Waals surface area contributed by atoms with Crippen molar-refractivity contribution in [3.63, 3.8) is 0 Å². The van der Waals surface area contributed by atoms with E-state index >= 15 is 0 Å². The summed E-state index contributed by atoms with van der Waals surface area (Å²) in [4.78, 5) is 41.1. The van der Waals surface area contributed by atoms with Gasteiger partial charge in [0, 0.05) is 24.1 Å². The zero-order valence-electron chi connectivity index (χ0n) is 17.4. The standard InChI is InChI=1S/C25H27N3O3/c29-21-13-7-4-10-17(21)14-22(30)28-20-12-6-5-11-18(20)27-19-15-26-25(31)23(19)24(28)16-8-2-1-3-9-16/h1-4,7-10,13,17-18,20,24,27H,5-6,11-12,14-15H2,(H,26,31). The molecule has 0 saturated heterocycles. The van der Waals surface area contributed by atoms with Crippen LogP contribution in [0.4, 0.5) is 0 Å². The molecule has 6 heteroatoms. The maximum absolute atomic E-state index is 13.8. The average Bonchev–Trinajstić information content (AvgIpc) is 3.06. The van der Waals surface area contributed by atoms with E-state index in [-0.39, 0.29) is 36.1 Å². The van der Waals surface area contributed by atoms with Gasteiger partial charge in [-0.05, 0) is 24.5 Å². The second-order valence-corrected chi connectivity index (χ2v) is 8.75. The second kappa shape index (κ2) is 8.17. The molecule has 0 bridgehead atoms. The van der Waals surface area contributed by atoms with Crippen molar-refractivity contribution in [2.45, 2.75) is 50.2 Å². The predicted molar refractivity (Wildman–Crippen MR) is 117 cm³/mol. The van der Waals surface area contributed by atoms with E-state index in [0.29, 0.717) is 12.1 Å². The Morgan fingerprint density at radius 3 is 2.68 bits per heavy atom. The molecule has 0 radical (unpaired) electrons. The number of amides is 2. The summed E-state index contributed by atoms with van der Waals surface area (Å²) in [5.74, 6) is -0.680. The third kappa shape index (κ3) is 3.60. The van der Waals surface area contributed by atoms with E-state index in [2.05, 4.69) is 10.6 Å². The third-order valence-electron chi connectivity index (χ3n) is 6.87. The maximum atomic E-state index is 13.8. The average molecular weight is 418 g/mol. The largest absolute Gasteiger partial charge is 0.382 e. The normalized spacial score (nSPS) is 29.7. The molecule has 2 amide bonds. The first kappa shape index (κ1) is 19.8. The highest BCUT2D eigenvalue weighted by Crippen LogP contribution is 2.41. The number of carbonyl (C=O) groups excluding carboxylic acids is 3. The Hall–Kier alpha value is -3.15. The SMILES string of the molecule is O=C1NCC2=C1C(c1ccccc1)N(C(=O)CC1C=CC=CC1=O)C1CCCCC1N2. The highest BCUT2D eigenvalue weighted by molar-refractivity contribution is 6.00. The van der Waals surface area contributed by atoms with Crippen LogP contribution >= 0.6 is 0 Å². The van der Waals surface area contributed by atoms with Crippen molar-refractivity contribution in [2.24, 2.45) is 5.92 Å². The van der Waals surface area contributed by atoms with Gasteiger partial charge in [-0.3, -0.25) is 14.4 Å². The van der Waals surface area contributed by atoms with Crippen LogP contribution in [0.3, 0.4) is 0 Å². The highest BCUT2D eigenvalue weighted by atomic mass is 16.2. The minimum atomic E-state index is -0.454. The van der Waals surface area contributed by atoms with E-state index in [0.717, 1.165) is 36.9 Å². The van der Waals surface area contributed by atoms with Gasteiger partial charge in [0.25, 0.3) is 5.91 Å². The minimum absolute atomic E-state index is 0.0110. The van der Waals surface area contributed by atoms with E-state index < -0.39 is 12.0 Å². The van der Waals surface area contributed by atoms with E-state index in [1.165, 1.54) is 6.08 Å². The van der Waals surface area contributed by atoms with Crippen molar-refractivity contribution in [1.82, 2.24) is 15.5 Å². The number of benzene rings is 1. The van der Waals surface area contributed by atoms with Gasteiger partial charge in [-0.1, -0.05) is 61.4 Å². The van der Waals surface area contributed by atoms with Gasteiger partial charge in [0.15, 0.2) is 5.78 Å². The highest BCUT2D eigenvalue weighted by Gasteiger charge is 2.46. The number of allylic oxidation sites excluding steroid dienone is 4. The van der Waals surface area contributed by atoms with Crippen molar-refractivity contribution >= 4 is 17.6 Å². The molecule has 4 atom stereocenters. The summed E-state index contributed by atoms with van der Waals surface area (Å²) in [5.41, 5.74) is 2.47. The van der Waals surface area contributed by atoms with Crippen molar-refractivity contribution in [2.75, 3.05) is 6.54 Å². The monoisotopic (exact) mass is 417 g/mol. The fraction of sp³-hybridized carbons (Fsp3) is 0.400. The third-order valence-corrected chi connectivity index (χ3v) is 6.87. The van der Waals surface area contributed by atoms with Gasteiger partial charge in [-0.15, -0.1) is 0 Å². The lowest BCUT2D eigenvalue weighted by Crippen LogP contribution is -2.54. The number of ketones is 1. The van der Waals surface area contributed by atoms with Crippen molar-refractivity contribution in [3.8, 4) is 0 Å².